The van der Waals surface area contributed by atoms with E-state index in [9.17, 15) is 19.1 Å². The molecule has 1 unspecified atom stereocenters. The molecule has 0 spiro atoms. The van der Waals surface area contributed by atoms with E-state index in [1.807, 2.05) is 25.1 Å². The average Bonchev–Trinajstić information content (AvgIpc) is 3.28. The van der Waals surface area contributed by atoms with Crippen molar-refractivity contribution in [2.45, 2.75) is 32.7 Å². The Labute approximate surface area is 209 Å². The second-order valence-corrected chi connectivity index (χ2v) is 8.75. The van der Waals surface area contributed by atoms with Gasteiger partial charge in [0.1, 0.15) is 11.6 Å². The van der Waals surface area contributed by atoms with Gasteiger partial charge < -0.3 is 20.1 Å². The molecular weight excluding hydrogens is 459 g/mol. The molecular formula is C29H29FN2O4. The van der Waals surface area contributed by atoms with Crippen LogP contribution in [0.5, 0.6) is 5.75 Å². The van der Waals surface area contributed by atoms with Gasteiger partial charge in [0.15, 0.2) is 5.78 Å². The molecule has 3 aromatic carbocycles. The molecule has 0 aliphatic heterocycles. The molecule has 1 amide bonds. The van der Waals surface area contributed by atoms with E-state index < -0.39 is 6.04 Å². The zero-order chi connectivity index (χ0) is 25.7. The summed E-state index contributed by atoms with van der Waals surface area (Å²) in [5.41, 5.74) is 4.20. The van der Waals surface area contributed by atoms with Gasteiger partial charge in [0.05, 0.1) is 24.8 Å². The van der Waals surface area contributed by atoms with Crippen LogP contribution in [0.4, 0.5) is 4.39 Å². The number of aliphatic hydroxyl groups excluding tert-OH is 1. The summed E-state index contributed by atoms with van der Waals surface area (Å²) in [6.07, 6.45) is 2.87. The second kappa shape index (κ2) is 11.2. The maximum Gasteiger partial charge on any atom is 0.255 e. The number of ether oxygens (including phenoxy) is 1. The lowest BCUT2D eigenvalue weighted by Crippen LogP contribution is -2.39. The number of aromatic amines is 1. The Morgan fingerprint density at radius 2 is 1.81 bits per heavy atom. The predicted octanol–water partition coefficient (Wildman–Crippen LogP) is 5.30. The molecule has 1 aromatic heterocycles. The van der Waals surface area contributed by atoms with Crippen LogP contribution in [0.15, 0.2) is 66.9 Å². The molecule has 0 aliphatic carbocycles. The molecule has 0 saturated heterocycles. The number of aliphatic hydroxyl groups is 1. The maximum atomic E-state index is 13.8. The molecule has 1 atom stereocenters. The molecule has 7 heteroatoms. The minimum atomic E-state index is -0.586. The Hall–Kier alpha value is -3.97. The van der Waals surface area contributed by atoms with E-state index in [1.54, 1.807) is 36.5 Å². The fourth-order valence-corrected chi connectivity index (χ4v) is 4.13. The van der Waals surface area contributed by atoms with Gasteiger partial charge in [-0.15, -0.1) is 0 Å². The van der Waals surface area contributed by atoms with Crippen LogP contribution in [0.1, 0.15) is 46.5 Å². The van der Waals surface area contributed by atoms with Crippen molar-refractivity contribution < 1.29 is 23.8 Å². The van der Waals surface area contributed by atoms with Gasteiger partial charge in [-0.2, -0.15) is 0 Å². The van der Waals surface area contributed by atoms with Gasteiger partial charge in [-0.1, -0.05) is 37.3 Å². The van der Waals surface area contributed by atoms with E-state index in [1.165, 1.54) is 19.1 Å². The molecule has 0 radical (unpaired) electrons. The van der Waals surface area contributed by atoms with Gasteiger partial charge in [-0.05, 0) is 66.8 Å². The summed E-state index contributed by atoms with van der Waals surface area (Å²) in [6.45, 7) is 3.67. The number of H-pyrrole nitrogens is 1. The number of carbonyl (C=O) groups is 2. The van der Waals surface area contributed by atoms with Gasteiger partial charge in [-0.25, -0.2) is 4.39 Å². The van der Waals surface area contributed by atoms with Crippen molar-refractivity contribution in [3.8, 4) is 16.9 Å². The molecule has 0 fully saturated rings. The molecule has 6 nitrogen and oxygen atoms in total. The highest BCUT2D eigenvalue weighted by Crippen LogP contribution is 2.28. The Morgan fingerprint density at radius 1 is 1.06 bits per heavy atom. The summed E-state index contributed by atoms with van der Waals surface area (Å²) in [5, 5.41) is 13.6. The Kier molecular flexibility index (Phi) is 7.80. The van der Waals surface area contributed by atoms with Crippen molar-refractivity contribution in [2.24, 2.45) is 0 Å². The number of hydrogen-bond acceptors (Lipinski definition) is 4. The first-order valence-corrected chi connectivity index (χ1v) is 11.9. The van der Waals surface area contributed by atoms with E-state index in [0.29, 0.717) is 35.3 Å². The number of carbonyl (C=O) groups excluding carboxylic acids is 2. The van der Waals surface area contributed by atoms with Gasteiger partial charge in [-0.3, -0.25) is 9.59 Å². The Balaban J connectivity index is 1.59. The number of aromatic nitrogens is 1. The summed E-state index contributed by atoms with van der Waals surface area (Å²) in [7, 11) is 0. The third-order valence-corrected chi connectivity index (χ3v) is 6.06. The minimum absolute atomic E-state index is 0.0158. The zero-order valence-corrected chi connectivity index (χ0v) is 20.3. The number of halogens is 1. The van der Waals surface area contributed by atoms with Crippen LogP contribution in [0.3, 0.4) is 0 Å². The van der Waals surface area contributed by atoms with Gasteiger partial charge >= 0.3 is 0 Å². The fourth-order valence-electron chi connectivity index (χ4n) is 4.13. The molecule has 0 aliphatic rings. The van der Waals surface area contributed by atoms with Crippen molar-refractivity contribution in [1.82, 2.24) is 10.3 Å². The number of benzene rings is 3. The third-order valence-electron chi connectivity index (χ3n) is 6.06. The van der Waals surface area contributed by atoms with Crippen molar-refractivity contribution in [2.75, 3.05) is 13.2 Å². The lowest BCUT2D eigenvalue weighted by molar-refractivity contribution is 0.0912. The Bertz CT molecular complexity index is 1380. The molecule has 0 bridgehead atoms. The van der Waals surface area contributed by atoms with Crippen LogP contribution < -0.4 is 10.1 Å². The molecule has 36 heavy (non-hydrogen) atoms. The van der Waals surface area contributed by atoms with E-state index in [4.69, 9.17) is 4.74 Å². The molecule has 4 rings (SSSR count). The molecule has 3 N–H and O–H groups in total. The van der Waals surface area contributed by atoms with Crippen LogP contribution in [0, 0.1) is 5.82 Å². The monoisotopic (exact) mass is 488 g/mol. The highest BCUT2D eigenvalue weighted by atomic mass is 19.1. The topological polar surface area (TPSA) is 91.4 Å². The summed E-state index contributed by atoms with van der Waals surface area (Å²) in [6, 6.07) is 16.5. The lowest BCUT2D eigenvalue weighted by atomic mass is 9.99. The minimum Gasteiger partial charge on any atom is -0.493 e. The number of fused-ring (bicyclic) bond motifs is 1. The lowest BCUT2D eigenvalue weighted by Gasteiger charge is -2.18. The third kappa shape index (κ3) is 5.63. The summed E-state index contributed by atoms with van der Waals surface area (Å²) < 4.78 is 19.6. The number of nitrogens with one attached hydrogen (secondary N) is 2. The number of Topliss-reactive ketones (excluding diaryl/α,β-unsaturated/α-hetero) is 1. The molecule has 0 saturated carbocycles. The van der Waals surface area contributed by atoms with Crippen molar-refractivity contribution in [3.05, 3.63) is 89.4 Å². The van der Waals surface area contributed by atoms with Gasteiger partial charge in [0.2, 0.25) is 0 Å². The standard InChI is InChI=1S/C29H29FN2O4/c1-3-12-36-28-11-8-21(20-6-4-19(5-7-20)18(2)34)14-26(28)29(35)32-24(17-33)13-22-16-31-27-10-9-23(30)15-25(22)27/h4-11,14-16,24,31,33H,3,12-13,17H2,1-2H3,(H,32,35). The van der Waals surface area contributed by atoms with Gasteiger partial charge in [0, 0.05) is 22.7 Å². The van der Waals surface area contributed by atoms with Gasteiger partial charge in [0.25, 0.3) is 5.91 Å². The fraction of sp³-hybridized carbons (Fsp3) is 0.241. The van der Waals surface area contributed by atoms with Crippen LogP contribution >= 0.6 is 0 Å². The number of ketones is 1. The second-order valence-electron chi connectivity index (χ2n) is 8.75. The van der Waals surface area contributed by atoms with E-state index >= 15 is 0 Å². The normalized spacial score (nSPS) is 11.9. The van der Waals surface area contributed by atoms with Crippen LogP contribution in [-0.2, 0) is 6.42 Å². The quantitative estimate of drug-likeness (QED) is 0.264. The molecule has 186 valence electrons. The van der Waals surface area contributed by atoms with E-state index in [2.05, 4.69) is 10.3 Å². The smallest absolute Gasteiger partial charge is 0.255 e. The van der Waals surface area contributed by atoms with Crippen LogP contribution in [0.25, 0.3) is 22.0 Å². The van der Waals surface area contributed by atoms with Crippen molar-refractivity contribution in [1.29, 1.82) is 0 Å². The molecule has 4 aromatic rings. The number of amides is 1. The van der Waals surface area contributed by atoms with Crippen LogP contribution in [0.2, 0.25) is 0 Å². The predicted molar refractivity (Wildman–Crippen MR) is 138 cm³/mol. The molecule has 1 heterocycles. The first-order valence-electron chi connectivity index (χ1n) is 11.9. The highest BCUT2D eigenvalue weighted by molar-refractivity contribution is 5.99. The van der Waals surface area contributed by atoms with Crippen LogP contribution in [-0.4, -0.2) is 41.0 Å². The largest absolute Gasteiger partial charge is 0.493 e. The maximum absolute atomic E-state index is 13.8. The van der Waals surface area contributed by atoms with Crippen molar-refractivity contribution in [3.63, 3.8) is 0 Å². The van der Waals surface area contributed by atoms with Crippen molar-refractivity contribution >= 4 is 22.6 Å². The summed E-state index contributed by atoms with van der Waals surface area (Å²) >= 11 is 0. The van der Waals surface area contributed by atoms with E-state index in [0.717, 1.165) is 28.6 Å². The first kappa shape index (κ1) is 25.1. The SMILES string of the molecule is CCCOc1ccc(-c2ccc(C(C)=O)cc2)cc1C(=O)NC(CO)Cc1c[nH]c2ccc(F)cc12. The Morgan fingerprint density at radius 3 is 2.50 bits per heavy atom. The van der Waals surface area contributed by atoms with E-state index in [-0.39, 0.29) is 24.1 Å². The first-order chi connectivity index (χ1) is 17.4. The number of rotatable bonds is 10. The summed E-state index contributed by atoms with van der Waals surface area (Å²) in [4.78, 5) is 28.1. The zero-order valence-electron chi connectivity index (χ0n) is 20.3. The number of hydrogen-bond donors (Lipinski definition) is 3. The highest BCUT2D eigenvalue weighted by Gasteiger charge is 2.20. The summed E-state index contributed by atoms with van der Waals surface area (Å²) in [5.74, 6) is -0.297. The average molecular weight is 489 g/mol.